The van der Waals surface area contributed by atoms with Gasteiger partial charge >= 0.3 is 0 Å². The molecule has 0 spiro atoms. The Labute approximate surface area is 246 Å². The fraction of sp³-hybridized carbons (Fsp3) is 0. The van der Waals surface area contributed by atoms with Crippen molar-refractivity contribution in [2.75, 3.05) is 0 Å². The molecule has 6 aromatic carbocycles. The Morgan fingerprint density at radius 3 is 2.05 bits per heavy atom. The van der Waals surface area contributed by atoms with Crippen LogP contribution in [0.5, 0.6) is 0 Å². The van der Waals surface area contributed by atoms with Crippen molar-refractivity contribution in [3.05, 3.63) is 139 Å². The molecule has 4 heteroatoms. The van der Waals surface area contributed by atoms with Crippen molar-refractivity contribution in [3.63, 3.8) is 0 Å². The van der Waals surface area contributed by atoms with Gasteiger partial charge in [0.05, 0.1) is 34.3 Å². The molecule has 0 unspecified atom stereocenters. The van der Waals surface area contributed by atoms with Gasteiger partial charge in [-0.3, -0.25) is 0 Å². The van der Waals surface area contributed by atoms with Gasteiger partial charge in [-0.15, -0.1) is 11.3 Å². The molecule has 0 radical (unpaired) electrons. The number of nitriles is 2. The van der Waals surface area contributed by atoms with Crippen LogP contribution in [0.4, 0.5) is 0 Å². The van der Waals surface area contributed by atoms with Gasteiger partial charge in [-0.25, -0.2) is 0 Å². The number of aromatic nitrogens is 1. The summed E-state index contributed by atoms with van der Waals surface area (Å²) in [6.45, 7) is 0. The van der Waals surface area contributed by atoms with Crippen LogP contribution in [-0.2, 0) is 0 Å². The van der Waals surface area contributed by atoms with Crippen molar-refractivity contribution in [2.24, 2.45) is 0 Å². The molecule has 3 nitrogen and oxygen atoms in total. The molecule has 0 atom stereocenters. The third-order valence-electron chi connectivity index (χ3n) is 8.09. The number of hydrogen-bond donors (Lipinski definition) is 0. The first-order chi connectivity index (χ1) is 20.7. The van der Waals surface area contributed by atoms with E-state index in [1.165, 1.54) is 31.3 Å². The van der Waals surface area contributed by atoms with Crippen molar-refractivity contribution < 1.29 is 0 Å². The fourth-order valence-electron chi connectivity index (χ4n) is 6.22. The highest BCUT2D eigenvalue weighted by atomic mass is 32.1. The molecule has 8 aromatic rings. The lowest BCUT2D eigenvalue weighted by Gasteiger charge is -2.10. The predicted octanol–water partition coefficient (Wildman–Crippen LogP) is 10.2. The first-order valence-corrected chi connectivity index (χ1v) is 14.5. The Hall–Kier alpha value is -5.68. The molecule has 2 aromatic heterocycles. The van der Waals surface area contributed by atoms with Gasteiger partial charge in [0.1, 0.15) is 0 Å². The van der Waals surface area contributed by atoms with Crippen molar-refractivity contribution in [1.82, 2.24) is 4.57 Å². The Balaban J connectivity index is 1.42. The lowest BCUT2D eigenvalue weighted by molar-refractivity contribution is 1.18. The number of fused-ring (bicyclic) bond motifs is 6. The quantitative estimate of drug-likeness (QED) is 0.219. The predicted molar refractivity (Wildman–Crippen MR) is 174 cm³/mol. The largest absolute Gasteiger partial charge is 0.309 e. The van der Waals surface area contributed by atoms with Crippen LogP contribution in [0.1, 0.15) is 11.1 Å². The fourth-order valence-corrected chi connectivity index (χ4v) is 7.46. The second-order valence-corrected chi connectivity index (χ2v) is 11.4. The molecule has 0 bridgehead atoms. The maximum Gasteiger partial charge on any atom is 0.0998 e. The molecule has 0 aliphatic rings. The molecule has 2 heterocycles. The summed E-state index contributed by atoms with van der Waals surface area (Å²) < 4.78 is 4.89. The Morgan fingerprint density at radius 2 is 1.24 bits per heavy atom. The molecule has 0 amide bonds. The first-order valence-electron chi connectivity index (χ1n) is 13.7. The lowest BCUT2D eigenvalue weighted by Crippen LogP contribution is -1.94. The standard InChI is InChI=1S/C38H21N3S/c39-22-26-8-6-9-27(23-40)37(26)25-17-19-34-33(20-25)30-18-16-24(21-35(30)41(34)28-10-2-1-3-11-28)29-13-7-14-32-31-12-4-5-15-36(31)42-38(29)32/h1-21H. The van der Waals surface area contributed by atoms with Crippen LogP contribution < -0.4 is 0 Å². The molecule has 0 aliphatic carbocycles. The van der Waals surface area contributed by atoms with Crippen molar-refractivity contribution in [3.8, 4) is 40.1 Å². The summed E-state index contributed by atoms with van der Waals surface area (Å²) >= 11 is 1.84. The molecular weight excluding hydrogens is 531 g/mol. The van der Waals surface area contributed by atoms with E-state index in [1.807, 2.05) is 23.5 Å². The third kappa shape index (κ3) is 3.57. The van der Waals surface area contributed by atoms with E-state index >= 15 is 0 Å². The Kier molecular flexibility index (Phi) is 5.44. The summed E-state index contributed by atoms with van der Waals surface area (Å²) in [6.07, 6.45) is 0. The zero-order chi connectivity index (χ0) is 28.2. The van der Waals surface area contributed by atoms with Gasteiger partial charge in [-0.2, -0.15) is 10.5 Å². The van der Waals surface area contributed by atoms with Gasteiger partial charge < -0.3 is 4.57 Å². The van der Waals surface area contributed by atoms with E-state index in [2.05, 4.69) is 114 Å². The van der Waals surface area contributed by atoms with E-state index in [4.69, 9.17) is 0 Å². The highest BCUT2D eigenvalue weighted by Crippen LogP contribution is 2.42. The smallest absolute Gasteiger partial charge is 0.0998 e. The van der Waals surface area contributed by atoms with Crippen molar-refractivity contribution in [2.45, 2.75) is 0 Å². The molecule has 0 N–H and O–H groups in total. The number of thiophene rings is 1. The number of rotatable bonds is 3. The second kappa shape index (κ2) is 9.46. The van der Waals surface area contributed by atoms with E-state index in [0.29, 0.717) is 16.7 Å². The summed E-state index contributed by atoms with van der Waals surface area (Å²) in [6, 6.07) is 48.5. The lowest BCUT2D eigenvalue weighted by atomic mass is 9.94. The summed E-state index contributed by atoms with van der Waals surface area (Å²) in [5.41, 5.74) is 8.20. The van der Waals surface area contributed by atoms with Crippen LogP contribution in [0.2, 0.25) is 0 Å². The maximum absolute atomic E-state index is 9.84. The van der Waals surface area contributed by atoms with Gasteiger partial charge in [0, 0.05) is 42.2 Å². The molecule has 0 fully saturated rings. The van der Waals surface area contributed by atoms with Gasteiger partial charge in [-0.05, 0) is 65.2 Å². The first kappa shape index (κ1) is 24.1. The van der Waals surface area contributed by atoms with E-state index in [9.17, 15) is 10.5 Å². The highest BCUT2D eigenvalue weighted by Gasteiger charge is 2.18. The van der Waals surface area contributed by atoms with Gasteiger partial charge in [0.15, 0.2) is 0 Å². The SMILES string of the molecule is N#Cc1cccc(C#N)c1-c1ccc2c(c1)c1ccc(-c3cccc4c3sc3ccccc34)cc1n2-c1ccccc1. The topological polar surface area (TPSA) is 52.5 Å². The second-order valence-electron chi connectivity index (χ2n) is 10.4. The number of para-hydroxylation sites is 1. The molecule has 0 saturated heterocycles. The van der Waals surface area contributed by atoms with Gasteiger partial charge in [0.2, 0.25) is 0 Å². The minimum atomic E-state index is 0.499. The van der Waals surface area contributed by atoms with Crippen molar-refractivity contribution >= 4 is 53.3 Å². The zero-order valence-electron chi connectivity index (χ0n) is 22.4. The van der Waals surface area contributed by atoms with Crippen LogP contribution in [0.3, 0.4) is 0 Å². The number of nitrogens with zero attached hydrogens (tertiary/aromatic N) is 3. The minimum absolute atomic E-state index is 0.499. The van der Waals surface area contributed by atoms with E-state index < -0.39 is 0 Å². The highest BCUT2D eigenvalue weighted by molar-refractivity contribution is 7.26. The Morgan fingerprint density at radius 1 is 0.524 bits per heavy atom. The number of benzene rings is 6. The summed E-state index contributed by atoms with van der Waals surface area (Å²) in [5.74, 6) is 0. The molecule has 8 rings (SSSR count). The van der Waals surface area contributed by atoms with E-state index in [-0.39, 0.29) is 0 Å². The minimum Gasteiger partial charge on any atom is -0.309 e. The van der Waals surface area contributed by atoms with Crippen LogP contribution in [0.25, 0.3) is 69.9 Å². The van der Waals surface area contributed by atoms with Gasteiger partial charge in [-0.1, -0.05) is 78.9 Å². The van der Waals surface area contributed by atoms with Crippen LogP contribution >= 0.6 is 11.3 Å². The third-order valence-corrected chi connectivity index (χ3v) is 9.31. The molecular formula is C38H21N3S. The average molecular weight is 552 g/mol. The van der Waals surface area contributed by atoms with E-state index in [0.717, 1.165) is 33.1 Å². The summed E-state index contributed by atoms with van der Waals surface area (Å²) in [5, 5.41) is 24.4. The number of hydrogen-bond acceptors (Lipinski definition) is 3. The monoisotopic (exact) mass is 551 g/mol. The molecule has 42 heavy (non-hydrogen) atoms. The summed E-state index contributed by atoms with van der Waals surface area (Å²) in [7, 11) is 0. The summed E-state index contributed by atoms with van der Waals surface area (Å²) in [4.78, 5) is 0. The Bertz CT molecular complexity index is 2400. The van der Waals surface area contributed by atoms with Crippen LogP contribution in [0.15, 0.2) is 127 Å². The molecule has 0 saturated carbocycles. The maximum atomic E-state index is 9.84. The molecule has 194 valence electrons. The normalized spacial score (nSPS) is 11.3. The van der Waals surface area contributed by atoms with Crippen LogP contribution in [0, 0.1) is 22.7 Å². The van der Waals surface area contributed by atoms with Crippen molar-refractivity contribution in [1.29, 1.82) is 10.5 Å². The average Bonchev–Trinajstić information content (AvgIpc) is 3.59. The van der Waals surface area contributed by atoms with Gasteiger partial charge in [0.25, 0.3) is 0 Å². The van der Waals surface area contributed by atoms with E-state index in [1.54, 1.807) is 18.2 Å². The zero-order valence-corrected chi connectivity index (χ0v) is 23.2. The van der Waals surface area contributed by atoms with Crippen LogP contribution in [-0.4, -0.2) is 4.57 Å². The molecule has 0 aliphatic heterocycles.